The van der Waals surface area contributed by atoms with Gasteiger partial charge in [0, 0.05) is 17.9 Å². The number of rotatable bonds is 3. The number of fused-ring (bicyclic) bond motifs is 1. The number of halogens is 1. The summed E-state index contributed by atoms with van der Waals surface area (Å²) in [4.78, 5) is 5.29. The monoisotopic (exact) mass is 309 g/mol. The second kappa shape index (κ2) is 5.35. The highest BCUT2D eigenvalue weighted by atomic mass is 35.5. The van der Waals surface area contributed by atoms with Crippen molar-refractivity contribution in [3.05, 3.63) is 43.9 Å². The van der Waals surface area contributed by atoms with Gasteiger partial charge in [-0.25, -0.2) is 4.98 Å². The van der Waals surface area contributed by atoms with Gasteiger partial charge in [0.05, 0.1) is 28.3 Å². The molecule has 1 aliphatic rings. The molecule has 1 aliphatic heterocycles. The molecule has 1 aromatic heterocycles. The van der Waals surface area contributed by atoms with Gasteiger partial charge in [0.2, 0.25) is 0 Å². The molecule has 0 fully saturated rings. The number of ether oxygens (including phenoxy) is 1. The average Bonchev–Trinajstić information content (AvgIpc) is 2.95. The van der Waals surface area contributed by atoms with Crippen molar-refractivity contribution in [2.45, 2.75) is 32.8 Å². The van der Waals surface area contributed by atoms with Crippen molar-refractivity contribution in [3.63, 3.8) is 0 Å². The van der Waals surface area contributed by atoms with Crippen LogP contribution < -0.4 is 4.74 Å². The third-order valence-corrected chi connectivity index (χ3v) is 4.87. The summed E-state index contributed by atoms with van der Waals surface area (Å²) in [6.07, 6.45) is 0.830. The van der Waals surface area contributed by atoms with Crippen LogP contribution in [0.15, 0.2) is 12.1 Å². The average molecular weight is 310 g/mol. The Morgan fingerprint density at radius 3 is 2.95 bits per heavy atom. The molecule has 1 aromatic carbocycles. The lowest BCUT2D eigenvalue weighted by atomic mass is 10.0. The maximum Gasteiger partial charge on any atom is 0.126 e. The molecule has 5 heteroatoms. The van der Waals surface area contributed by atoms with E-state index in [-0.39, 0.29) is 0 Å². The molecular weight excluding hydrogens is 294 g/mol. The molecule has 3 nitrogen and oxygen atoms in total. The minimum atomic E-state index is -0.562. The van der Waals surface area contributed by atoms with Crippen LogP contribution >= 0.6 is 22.9 Å². The SMILES string of the molecule is Cc1nc(C)c(C(O)Cc2cc(Cl)cc3c2OCC3)s1. The van der Waals surface area contributed by atoms with Crippen molar-refractivity contribution in [2.24, 2.45) is 0 Å². The lowest BCUT2D eigenvalue weighted by Gasteiger charge is -2.13. The van der Waals surface area contributed by atoms with Gasteiger partial charge in [-0.05, 0) is 37.1 Å². The van der Waals surface area contributed by atoms with Gasteiger partial charge in [0.15, 0.2) is 0 Å². The Hall–Kier alpha value is -1.10. The number of aliphatic hydroxyl groups is 1. The Morgan fingerprint density at radius 2 is 2.25 bits per heavy atom. The van der Waals surface area contributed by atoms with Crippen LogP contribution in [0, 0.1) is 13.8 Å². The van der Waals surface area contributed by atoms with E-state index in [4.69, 9.17) is 16.3 Å². The Labute approximate surface area is 127 Å². The third-order valence-electron chi connectivity index (χ3n) is 3.48. The highest BCUT2D eigenvalue weighted by molar-refractivity contribution is 7.11. The summed E-state index contributed by atoms with van der Waals surface area (Å²) in [6, 6.07) is 3.83. The van der Waals surface area contributed by atoms with E-state index in [2.05, 4.69) is 4.98 Å². The minimum Gasteiger partial charge on any atom is -0.493 e. The van der Waals surface area contributed by atoms with E-state index in [1.54, 1.807) is 11.3 Å². The Kier molecular flexibility index (Phi) is 3.71. The maximum atomic E-state index is 10.5. The van der Waals surface area contributed by atoms with Crippen LogP contribution in [0.5, 0.6) is 5.75 Å². The minimum absolute atomic E-state index is 0.505. The summed E-state index contributed by atoms with van der Waals surface area (Å²) in [6.45, 7) is 4.58. The number of benzene rings is 1. The standard InChI is InChI=1S/C15H16ClNO2S/c1-8-15(20-9(2)17-8)13(18)7-11-6-12(16)5-10-3-4-19-14(10)11/h5-6,13,18H,3-4,7H2,1-2H3. The predicted octanol–water partition coefficient (Wildman–Crippen LogP) is 3.62. The zero-order valence-electron chi connectivity index (χ0n) is 11.4. The Morgan fingerprint density at radius 1 is 1.45 bits per heavy atom. The van der Waals surface area contributed by atoms with Gasteiger partial charge in [-0.2, -0.15) is 0 Å². The highest BCUT2D eigenvalue weighted by Crippen LogP contribution is 2.36. The molecule has 20 heavy (non-hydrogen) atoms. The van der Waals surface area contributed by atoms with E-state index in [1.165, 1.54) is 0 Å². The molecule has 1 atom stereocenters. The molecule has 1 N–H and O–H groups in total. The highest BCUT2D eigenvalue weighted by Gasteiger charge is 2.22. The van der Waals surface area contributed by atoms with Crippen LogP contribution in [0.1, 0.15) is 32.8 Å². The van der Waals surface area contributed by atoms with Gasteiger partial charge in [0.25, 0.3) is 0 Å². The smallest absolute Gasteiger partial charge is 0.126 e. The molecule has 0 aliphatic carbocycles. The van der Waals surface area contributed by atoms with E-state index >= 15 is 0 Å². The summed E-state index contributed by atoms with van der Waals surface area (Å²) < 4.78 is 5.67. The number of aliphatic hydroxyl groups excluding tert-OH is 1. The van der Waals surface area contributed by atoms with Gasteiger partial charge in [-0.15, -0.1) is 11.3 Å². The molecule has 3 rings (SSSR count). The number of hydrogen-bond donors (Lipinski definition) is 1. The van der Waals surface area contributed by atoms with Gasteiger partial charge in [-0.1, -0.05) is 11.6 Å². The van der Waals surface area contributed by atoms with E-state index in [0.717, 1.165) is 38.9 Å². The van der Waals surface area contributed by atoms with E-state index < -0.39 is 6.10 Å². The van der Waals surface area contributed by atoms with Crippen LogP contribution in [-0.4, -0.2) is 16.7 Å². The van der Waals surface area contributed by atoms with Crippen LogP contribution in [-0.2, 0) is 12.8 Å². The number of aromatic nitrogens is 1. The number of aryl methyl sites for hydroxylation is 2. The first-order valence-corrected chi connectivity index (χ1v) is 7.80. The molecule has 0 amide bonds. The summed E-state index contributed by atoms with van der Waals surface area (Å²) in [5.74, 6) is 0.896. The fourth-order valence-corrected chi connectivity index (χ4v) is 3.83. The molecule has 0 bridgehead atoms. The molecule has 0 saturated carbocycles. The number of hydrogen-bond acceptors (Lipinski definition) is 4. The second-order valence-corrected chi connectivity index (χ2v) is 6.73. The summed E-state index contributed by atoms with van der Waals surface area (Å²) >= 11 is 7.69. The van der Waals surface area contributed by atoms with Crippen molar-refractivity contribution >= 4 is 22.9 Å². The van der Waals surface area contributed by atoms with Crippen molar-refractivity contribution < 1.29 is 9.84 Å². The van der Waals surface area contributed by atoms with Crippen LogP contribution in [0.25, 0.3) is 0 Å². The molecule has 0 spiro atoms. The van der Waals surface area contributed by atoms with E-state index in [0.29, 0.717) is 18.1 Å². The van der Waals surface area contributed by atoms with Gasteiger partial charge in [-0.3, -0.25) is 0 Å². The van der Waals surface area contributed by atoms with Crippen molar-refractivity contribution in [1.29, 1.82) is 0 Å². The quantitative estimate of drug-likeness (QED) is 0.941. The first kappa shape index (κ1) is 13.9. The molecule has 2 aromatic rings. The number of nitrogens with zero attached hydrogens (tertiary/aromatic N) is 1. The van der Waals surface area contributed by atoms with Crippen LogP contribution in [0.3, 0.4) is 0 Å². The third kappa shape index (κ3) is 2.55. The molecule has 0 saturated heterocycles. The topological polar surface area (TPSA) is 42.4 Å². The summed E-state index contributed by atoms with van der Waals surface area (Å²) in [7, 11) is 0. The molecule has 1 unspecified atom stereocenters. The zero-order chi connectivity index (χ0) is 14.3. The molecule has 0 radical (unpaired) electrons. The lowest BCUT2D eigenvalue weighted by Crippen LogP contribution is -2.03. The Bertz CT molecular complexity index is 654. The zero-order valence-corrected chi connectivity index (χ0v) is 13.0. The lowest BCUT2D eigenvalue weighted by molar-refractivity contribution is 0.180. The number of thiazole rings is 1. The fourth-order valence-electron chi connectivity index (χ4n) is 2.65. The van der Waals surface area contributed by atoms with Gasteiger partial charge in [0.1, 0.15) is 5.75 Å². The van der Waals surface area contributed by atoms with E-state index in [9.17, 15) is 5.11 Å². The second-order valence-electron chi connectivity index (χ2n) is 5.05. The van der Waals surface area contributed by atoms with Gasteiger partial charge >= 0.3 is 0 Å². The van der Waals surface area contributed by atoms with Gasteiger partial charge < -0.3 is 9.84 Å². The fraction of sp³-hybridized carbons (Fsp3) is 0.400. The first-order chi connectivity index (χ1) is 9.54. The Balaban J connectivity index is 1.90. The van der Waals surface area contributed by atoms with Crippen LogP contribution in [0.4, 0.5) is 0 Å². The maximum absolute atomic E-state index is 10.5. The molecule has 2 heterocycles. The van der Waals surface area contributed by atoms with Crippen molar-refractivity contribution in [3.8, 4) is 5.75 Å². The first-order valence-electron chi connectivity index (χ1n) is 6.60. The molecular formula is C15H16ClNO2S. The van der Waals surface area contributed by atoms with E-state index in [1.807, 2.05) is 26.0 Å². The predicted molar refractivity (Wildman–Crippen MR) is 80.9 cm³/mol. The van der Waals surface area contributed by atoms with Crippen molar-refractivity contribution in [2.75, 3.05) is 6.61 Å². The van der Waals surface area contributed by atoms with Crippen LogP contribution in [0.2, 0.25) is 5.02 Å². The largest absolute Gasteiger partial charge is 0.493 e. The summed E-state index contributed by atoms with van der Waals surface area (Å²) in [5.41, 5.74) is 3.01. The summed E-state index contributed by atoms with van der Waals surface area (Å²) in [5, 5.41) is 12.1. The normalized spacial score (nSPS) is 15.0. The molecule has 106 valence electrons. The van der Waals surface area contributed by atoms with Crippen molar-refractivity contribution in [1.82, 2.24) is 4.98 Å².